The molecule has 1 aliphatic rings. The van der Waals surface area contributed by atoms with Crippen LogP contribution < -0.4 is 5.73 Å². The van der Waals surface area contributed by atoms with Gasteiger partial charge in [0.1, 0.15) is 0 Å². The molecule has 14 heavy (non-hydrogen) atoms. The van der Waals surface area contributed by atoms with Crippen LogP contribution in [0.3, 0.4) is 0 Å². The summed E-state index contributed by atoms with van der Waals surface area (Å²) in [6.45, 7) is 6.79. The topological polar surface area (TPSA) is 35.2 Å². The molecule has 1 atom stereocenters. The summed E-state index contributed by atoms with van der Waals surface area (Å²) in [5.74, 6) is 0. The van der Waals surface area contributed by atoms with E-state index in [1.54, 1.807) is 7.11 Å². The average molecular weight is 199 g/mol. The van der Waals surface area contributed by atoms with Crippen LogP contribution >= 0.6 is 0 Å². The van der Waals surface area contributed by atoms with Crippen LogP contribution in [-0.2, 0) is 4.74 Å². The molecule has 1 aliphatic carbocycles. The molecular formula is C12H25NO. The molecule has 0 amide bonds. The lowest BCUT2D eigenvalue weighted by Crippen LogP contribution is -2.54. The smallest absolute Gasteiger partial charge is 0.0828 e. The van der Waals surface area contributed by atoms with E-state index < -0.39 is 0 Å². The summed E-state index contributed by atoms with van der Waals surface area (Å²) in [5.41, 5.74) is 6.61. The minimum atomic E-state index is 0.0191. The summed E-state index contributed by atoms with van der Waals surface area (Å²) in [5, 5.41) is 0. The van der Waals surface area contributed by atoms with E-state index in [2.05, 4.69) is 20.8 Å². The van der Waals surface area contributed by atoms with Crippen molar-refractivity contribution in [3.63, 3.8) is 0 Å². The first kappa shape index (κ1) is 12.0. The molecule has 0 aliphatic heterocycles. The van der Waals surface area contributed by atoms with Crippen molar-refractivity contribution < 1.29 is 4.74 Å². The lowest BCUT2D eigenvalue weighted by atomic mass is 9.72. The van der Waals surface area contributed by atoms with Crippen molar-refractivity contribution in [1.29, 1.82) is 0 Å². The van der Waals surface area contributed by atoms with Gasteiger partial charge in [0.05, 0.1) is 5.60 Å². The highest BCUT2D eigenvalue weighted by molar-refractivity contribution is 4.98. The fourth-order valence-electron chi connectivity index (χ4n) is 2.10. The minimum absolute atomic E-state index is 0.0191. The van der Waals surface area contributed by atoms with Crippen molar-refractivity contribution in [3.8, 4) is 0 Å². The van der Waals surface area contributed by atoms with Gasteiger partial charge in [-0.2, -0.15) is 0 Å². The van der Waals surface area contributed by atoms with Crippen molar-refractivity contribution in [1.82, 2.24) is 0 Å². The molecule has 2 nitrogen and oxygen atoms in total. The van der Waals surface area contributed by atoms with Gasteiger partial charge in [-0.15, -0.1) is 0 Å². The second-order valence-electron chi connectivity index (χ2n) is 5.83. The maximum absolute atomic E-state index is 6.21. The Morgan fingerprint density at radius 2 is 1.93 bits per heavy atom. The Labute approximate surface area is 88.2 Å². The molecule has 0 radical (unpaired) electrons. The Bertz CT molecular complexity index is 174. The van der Waals surface area contributed by atoms with Crippen molar-refractivity contribution >= 4 is 0 Å². The van der Waals surface area contributed by atoms with Gasteiger partial charge in [0.15, 0.2) is 0 Å². The first-order valence-electron chi connectivity index (χ1n) is 5.70. The molecular weight excluding hydrogens is 174 g/mol. The van der Waals surface area contributed by atoms with Gasteiger partial charge in [-0.05, 0) is 37.5 Å². The van der Waals surface area contributed by atoms with Crippen LogP contribution in [0.2, 0.25) is 0 Å². The fraction of sp³-hybridized carbons (Fsp3) is 1.00. The molecule has 0 saturated heterocycles. The van der Waals surface area contributed by atoms with Crippen LogP contribution in [-0.4, -0.2) is 18.8 Å². The van der Waals surface area contributed by atoms with Gasteiger partial charge in [0, 0.05) is 13.2 Å². The Kier molecular flexibility index (Phi) is 3.59. The summed E-state index contributed by atoms with van der Waals surface area (Å²) >= 11 is 0. The second kappa shape index (κ2) is 4.19. The molecule has 0 aromatic heterocycles. The monoisotopic (exact) mass is 199 g/mol. The molecule has 2 N–H and O–H groups in total. The Morgan fingerprint density at radius 1 is 1.36 bits per heavy atom. The highest BCUT2D eigenvalue weighted by atomic mass is 16.5. The molecule has 2 heteroatoms. The zero-order valence-electron chi connectivity index (χ0n) is 10.1. The highest BCUT2D eigenvalue weighted by Gasteiger charge is 2.42. The third-order valence-electron chi connectivity index (χ3n) is 3.49. The number of ether oxygens (including phenoxy) is 1. The maximum atomic E-state index is 6.21. The van der Waals surface area contributed by atoms with Crippen molar-refractivity contribution in [2.24, 2.45) is 11.1 Å². The van der Waals surface area contributed by atoms with Gasteiger partial charge in [0.25, 0.3) is 0 Å². The summed E-state index contributed by atoms with van der Waals surface area (Å²) in [6.07, 6.45) is 5.83. The van der Waals surface area contributed by atoms with Crippen molar-refractivity contribution in [2.75, 3.05) is 7.11 Å². The molecule has 0 spiro atoms. The zero-order valence-corrected chi connectivity index (χ0v) is 10.1. The summed E-state index contributed by atoms with van der Waals surface area (Å²) in [7, 11) is 1.80. The van der Waals surface area contributed by atoms with E-state index in [9.17, 15) is 0 Å². The van der Waals surface area contributed by atoms with Crippen LogP contribution in [0.1, 0.15) is 52.9 Å². The lowest BCUT2D eigenvalue weighted by molar-refractivity contribution is -0.0927. The number of rotatable bonds is 4. The van der Waals surface area contributed by atoms with Crippen molar-refractivity contribution in [3.05, 3.63) is 0 Å². The van der Waals surface area contributed by atoms with Gasteiger partial charge in [-0.3, -0.25) is 0 Å². The van der Waals surface area contributed by atoms with Crippen LogP contribution in [0.5, 0.6) is 0 Å². The lowest BCUT2D eigenvalue weighted by Gasteiger charge is -2.45. The fourth-order valence-corrected chi connectivity index (χ4v) is 2.10. The van der Waals surface area contributed by atoms with Crippen LogP contribution in [0.4, 0.5) is 0 Å². The third-order valence-corrected chi connectivity index (χ3v) is 3.49. The Morgan fingerprint density at radius 3 is 2.21 bits per heavy atom. The predicted molar refractivity (Wildman–Crippen MR) is 60.3 cm³/mol. The first-order chi connectivity index (χ1) is 6.40. The van der Waals surface area contributed by atoms with Gasteiger partial charge >= 0.3 is 0 Å². The Hall–Kier alpha value is -0.0800. The quantitative estimate of drug-likeness (QED) is 0.755. The van der Waals surface area contributed by atoms with E-state index in [4.69, 9.17) is 10.5 Å². The summed E-state index contributed by atoms with van der Waals surface area (Å²) < 4.78 is 5.58. The zero-order chi connectivity index (χ0) is 10.8. The van der Waals surface area contributed by atoms with Crippen LogP contribution in [0.25, 0.3) is 0 Å². The Balaban J connectivity index is 2.37. The predicted octanol–water partition coefficient (Wildman–Crippen LogP) is 2.71. The SMILES string of the molecule is COC1(C(N)CCC(C)(C)C)CCC1. The summed E-state index contributed by atoms with van der Waals surface area (Å²) in [4.78, 5) is 0. The third kappa shape index (κ3) is 2.71. The van der Waals surface area contributed by atoms with Gasteiger partial charge < -0.3 is 10.5 Å². The number of nitrogens with two attached hydrogens (primary N) is 1. The summed E-state index contributed by atoms with van der Waals surface area (Å²) in [6, 6.07) is 0.223. The normalized spacial score (nSPS) is 22.9. The molecule has 1 rings (SSSR count). The maximum Gasteiger partial charge on any atom is 0.0828 e. The minimum Gasteiger partial charge on any atom is -0.377 e. The van der Waals surface area contributed by atoms with E-state index in [-0.39, 0.29) is 11.6 Å². The van der Waals surface area contributed by atoms with E-state index in [0.29, 0.717) is 5.41 Å². The van der Waals surface area contributed by atoms with Gasteiger partial charge in [-0.25, -0.2) is 0 Å². The van der Waals surface area contributed by atoms with E-state index >= 15 is 0 Å². The standard InChI is InChI=1S/C12H25NO/c1-11(2,3)9-6-10(13)12(14-4)7-5-8-12/h10H,5-9,13H2,1-4H3. The number of hydrogen-bond acceptors (Lipinski definition) is 2. The van der Waals surface area contributed by atoms with Crippen LogP contribution in [0.15, 0.2) is 0 Å². The van der Waals surface area contributed by atoms with E-state index in [1.807, 2.05) is 0 Å². The van der Waals surface area contributed by atoms with Gasteiger partial charge in [0.2, 0.25) is 0 Å². The molecule has 1 fully saturated rings. The van der Waals surface area contributed by atoms with Crippen molar-refractivity contribution in [2.45, 2.75) is 64.5 Å². The molecule has 1 unspecified atom stereocenters. The average Bonchev–Trinajstić information content (AvgIpc) is 1.98. The molecule has 0 aromatic carbocycles. The molecule has 84 valence electrons. The molecule has 0 heterocycles. The van der Waals surface area contributed by atoms with Crippen LogP contribution in [0, 0.1) is 5.41 Å². The highest BCUT2D eigenvalue weighted by Crippen LogP contribution is 2.39. The molecule has 0 aromatic rings. The number of methoxy groups -OCH3 is 1. The number of hydrogen-bond donors (Lipinski definition) is 1. The second-order valence-corrected chi connectivity index (χ2v) is 5.83. The molecule has 1 saturated carbocycles. The molecule has 0 bridgehead atoms. The largest absolute Gasteiger partial charge is 0.377 e. The van der Waals surface area contributed by atoms with Gasteiger partial charge in [-0.1, -0.05) is 20.8 Å². The van der Waals surface area contributed by atoms with E-state index in [0.717, 1.165) is 19.3 Å². The first-order valence-corrected chi connectivity index (χ1v) is 5.70. The van der Waals surface area contributed by atoms with E-state index in [1.165, 1.54) is 12.8 Å².